The van der Waals surface area contributed by atoms with E-state index in [4.69, 9.17) is 15.0 Å². The summed E-state index contributed by atoms with van der Waals surface area (Å²) in [6, 6.07) is 70.4. The quantitative estimate of drug-likeness (QED) is 0.165. The normalized spacial score (nSPS) is 11.3. The van der Waals surface area contributed by atoms with Crippen LogP contribution in [0.25, 0.3) is 98.8 Å². The van der Waals surface area contributed by atoms with Crippen LogP contribution in [0.2, 0.25) is 0 Å². The maximum atomic E-state index is 5.32. The van der Waals surface area contributed by atoms with Crippen molar-refractivity contribution in [1.82, 2.24) is 15.0 Å². The second-order valence-electron chi connectivity index (χ2n) is 13.6. The van der Waals surface area contributed by atoms with E-state index in [1.807, 2.05) is 35.6 Å². The number of nitrogens with zero attached hydrogens (tertiary/aromatic N) is 3. The third kappa shape index (κ3) is 6.19. The van der Waals surface area contributed by atoms with Crippen LogP contribution in [0.5, 0.6) is 0 Å². The highest BCUT2D eigenvalue weighted by Crippen LogP contribution is 2.49. The first-order chi connectivity index (χ1) is 27.3. The van der Waals surface area contributed by atoms with Crippen LogP contribution in [0.4, 0.5) is 0 Å². The highest BCUT2D eigenvalue weighted by molar-refractivity contribution is 7.27. The number of benzene rings is 8. The smallest absolute Gasteiger partial charge is 0.164 e. The van der Waals surface area contributed by atoms with E-state index in [0.29, 0.717) is 17.5 Å². The summed E-state index contributed by atoms with van der Waals surface area (Å²) >= 11 is 1.85. The van der Waals surface area contributed by atoms with E-state index >= 15 is 0 Å². The zero-order valence-corrected chi connectivity index (χ0v) is 30.6. The van der Waals surface area contributed by atoms with Crippen LogP contribution in [0, 0.1) is 0 Å². The van der Waals surface area contributed by atoms with Crippen LogP contribution in [0.3, 0.4) is 0 Å². The second-order valence-corrected chi connectivity index (χ2v) is 14.6. The summed E-state index contributed by atoms with van der Waals surface area (Å²) < 4.78 is 2.44. The van der Waals surface area contributed by atoms with Gasteiger partial charge < -0.3 is 0 Å². The molecule has 0 spiro atoms. The van der Waals surface area contributed by atoms with Crippen molar-refractivity contribution in [3.8, 4) is 78.7 Å². The molecule has 0 saturated heterocycles. The summed E-state index contributed by atoms with van der Waals surface area (Å²) in [5.41, 5.74) is 12.2. The third-order valence-electron chi connectivity index (χ3n) is 10.1. The Balaban J connectivity index is 1.28. The molecule has 4 heteroatoms. The van der Waals surface area contributed by atoms with Gasteiger partial charge in [-0.1, -0.05) is 176 Å². The SMILES string of the molecule is c1ccc(-c2cccc(-c3nc(-c4ccccc4)nc(-c4ccc(-c5ccccc5)c5sc6c(-c7ccccc7)cc(-c7ccccc7)cc6c45)n3)c2)cc1. The average Bonchev–Trinajstić information content (AvgIpc) is 3.67. The van der Waals surface area contributed by atoms with Crippen molar-refractivity contribution >= 4 is 31.5 Å². The second kappa shape index (κ2) is 14.1. The molecule has 0 unspecified atom stereocenters. The van der Waals surface area contributed by atoms with E-state index < -0.39 is 0 Å². The van der Waals surface area contributed by atoms with Crippen molar-refractivity contribution in [1.29, 1.82) is 0 Å². The zero-order valence-electron chi connectivity index (χ0n) is 29.8. The molecule has 0 bridgehead atoms. The Morgan fingerprint density at radius 1 is 0.273 bits per heavy atom. The Morgan fingerprint density at radius 2 is 0.727 bits per heavy atom. The van der Waals surface area contributed by atoms with Crippen molar-refractivity contribution in [2.24, 2.45) is 0 Å². The summed E-state index contributed by atoms with van der Waals surface area (Å²) in [6.45, 7) is 0. The summed E-state index contributed by atoms with van der Waals surface area (Å²) in [5, 5.41) is 2.33. The molecular weight excluding hydrogens is 687 g/mol. The minimum absolute atomic E-state index is 0.636. The van der Waals surface area contributed by atoms with Gasteiger partial charge in [0.05, 0.1) is 0 Å². The van der Waals surface area contributed by atoms with E-state index in [1.54, 1.807) is 0 Å². The summed E-state index contributed by atoms with van der Waals surface area (Å²) in [7, 11) is 0. The minimum atomic E-state index is 0.636. The molecule has 10 rings (SSSR count). The molecule has 258 valence electrons. The van der Waals surface area contributed by atoms with Gasteiger partial charge in [-0.2, -0.15) is 0 Å². The molecule has 0 atom stereocenters. The molecule has 0 saturated carbocycles. The number of hydrogen-bond donors (Lipinski definition) is 0. The van der Waals surface area contributed by atoms with E-state index in [9.17, 15) is 0 Å². The molecule has 3 nitrogen and oxygen atoms in total. The lowest BCUT2D eigenvalue weighted by Crippen LogP contribution is -2.00. The Hall–Kier alpha value is -7.01. The van der Waals surface area contributed by atoms with Crippen LogP contribution in [-0.4, -0.2) is 15.0 Å². The van der Waals surface area contributed by atoms with Gasteiger partial charge >= 0.3 is 0 Å². The number of aromatic nitrogens is 3. The molecule has 0 aliphatic heterocycles. The Kier molecular flexibility index (Phi) is 8.36. The van der Waals surface area contributed by atoms with Crippen LogP contribution in [-0.2, 0) is 0 Å². The molecule has 0 radical (unpaired) electrons. The van der Waals surface area contributed by atoms with Crippen LogP contribution in [0.1, 0.15) is 0 Å². The summed E-state index contributed by atoms with van der Waals surface area (Å²) in [4.78, 5) is 15.7. The lowest BCUT2D eigenvalue weighted by molar-refractivity contribution is 1.08. The molecule has 0 aliphatic carbocycles. The largest absolute Gasteiger partial charge is 0.208 e. The maximum absolute atomic E-state index is 5.32. The van der Waals surface area contributed by atoms with E-state index in [2.05, 4.69) is 176 Å². The van der Waals surface area contributed by atoms with Crippen molar-refractivity contribution in [2.45, 2.75) is 0 Å². The maximum Gasteiger partial charge on any atom is 0.164 e. The Bertz CT molecular complexity index is 2940. The molecule has 2 heterocycles. The first-order valence-corrected chi connectivity index (χ1v) is 19.3. The number of thiophene rings is 1. The molecule has 0 fully saturated rings. The molecule has 55 heavy (non-hydrogen) atoms. The monoisotopic (exact) mass is 719 g/mol. The zero-order chi connectivity index (χ0) is 36.6. The molecule has 0 N–H and O–H groups in total. The van der Waals surface area contributed by atoms with Crippen molar-refractivity contribution in [3.05, 3.63) is 200 Å². The predicted octanol–water partition coefficient (Wildman–Crippen LogP) is 13.9. The van der Waals surface area contributed by atoms with Gasteiger partial charge in [-0.25, -0.2) is 15.0 Å². The molecule has 2 aromatic heterocycles. The molecule has 10 aromatic rings. The fourth-order valence-corrected chi connectivity index (χ4v) is 8.83. The number of rotatable bonds is 7. The molecule has 8 aromatic carbocycles. The molecule has 0 aliphatic rings. The van der Waals surface area contributed by atoms with Crippen LogP contribution in [0.15, 0.2) is 200 Å². The molecule has 0 amide bonds. The summed E-state index contributed by atoms with van der Waals surface area (Å²) in [5.74, 6) is 1.92. The van der Waals surface area contributed by atoms with Gasteiger partial charge in [-0.05, 0) is 63.2 Å². The van der Waals surface area contributed by atoms with Gasteiger partial charge in [-0.15, -0.1) is 11.3 Å². The highest BCUT2D eigenvalue weighted by Gasteiger charge is 2.22. The van der Waals surface area contributed by atoms with E-state index in [-0.39, 0.29) is 0 Å². The van der Waals surface area contributed by atoms with Gasteiger partial charge in [0.1, 0.15) is 0 Å². The topological polar surface area (TPSA) is 38.7 Å². The Morgan fingerprint density at radius 3 is 1.35 bits per heavy atom. The van der Waals surface area contributed by atoms with Gasteiger partial charge in [0.2, 0.25) is 0 Å². The minimum Gasteiger partial charge on any atom is -0.208 e. The summed E-state index contributed by atoms with van der Waals surface area (Å²) in [6.07, 6.45) is 0. The first kappa shape index (κ1) is 32.6. The first-order valence-electron chi connectivity index (χ1n) is 18.4. The van der Waals surface area contributed by atoms with Gasteiger partial charge in [0, 0.05) is 42.4 Å². The van der Waals surface area contributed by atoms with Crippen molar-refractivity contribution in [2.75, 3.05) is 0 Å². The number of fused-ring (bicyclic) bond motifs is 3. The van der Waals surface area contributed by atoms with Gasteiger partial charge in [0.15, 0.2) is 17.5 Å². The van der Waals surface area contributed by atoms with Gasteiger partial charge in [-0.3, -0.25) is 0 Å². The van der Waals surface area contributed by atoms with Crippen LogP contribution >= 0.6 is 11.3 Å². The standard InChI is InChI=1S/C51H33N3S/c1-6-17-34(18-7-1)39-27-16-28-40(31-39)50-52-49(38-25-14-5-15-26-38)53-51(54-50)43-30-29-42(36-21-10-3-11-22-36)48-46(43)45-33-41(35-19-8-2-9-20-35)32-44(47(45)55-48)37-23-12-4-13-24-37/h1-33H. The van der Waals surface area contributed by atoms with E-state index in [0.717, 1.165) is 33.2 Å². The Labute approximate surface area is 323 Å². The fraction of sp³-hybridized carbons (Fsp3) is 0. The average molecular weight is 720 g/mol. The van der Waals surface area contributed by atoms with E-state index in [1.165, 1.54) is 48.2 Å². The molecular formula is C51H33N3S. The fourth-order valence-electron chi connectivity index (χ4n) is 7.45. The third-order valence-corrected chi connectivity index (χ3v) is 11.4. The highest BCUT2D eigenvalue weighted by atomic mass is 32.1. The lowest BCUT2D eigenvalue weighted by atomic mass is 9.93. The van der Waals surface area contributed by atoms with Crippen LogP contribution < -0.4 is 0 Å². The van der Waals surface area contributed by atoms with Gasteiger partial charge in [0.25, 0.3) is 0 Å². The predicted molar refractivity (Wildman–Crippen MR) is 231 cm³/mol. The lowest BCUT2D eigenvalue weighted by Gasteiger charge is -2.12. The number of hydrogen-bond acceptors (Lipinski definition) is 4. The van der Waals surface area contributed by atoms with Crippen molar-refractivity contribution < 1.29 is 0 Å². The van der Waals surface area contributed by atoms with Crippen molar-refractivity contribution in [3.63, 3.8) is 0 Å².